The largest absolute Gasteiger partial charge is 0.474 e. The highest BCUT2D eigenvalue weighted by Gasteiger charge is 2.54. The van der Waals surface area contributed by atoms with Crippen molar-refractivity contribution in [2.45, 2.75) is 50.9 Å². The van der Waals surface area contributed by atoms with Crippen molar-refractivity contribution >= 4 is 11.8 Å². The average molecular weight is 450 g/mol. The van der Waals surface area contributed by atoms with E-state index in [1.807, 2.05) is 0 Å². The number of fused-ring (bicyclic) bond motifs is 1. The number of carbonyl (C=O) groups excluding carboxylic acids is 2. The van der Waals surface area contributed by atoms with E-state index in [1.165, 1.54) is 12.1 Å². The number of aromatic nitrogens is 1. The molecule has 33 heavy (non-hydrogen) atoms. The summed E-state index contributed by atoms with van der Waals surface area (Å²) in [6, 6.07) is 7.26. The lowest BCUT2D eigenvalue weighted by atomic mass is 9.53. The summed E-state index contributed by atoms with van der Waals surface area (Å²) in [6.45, 7) is 1.00. The van der Waals surface area contributed by atoms with Crippen LogP contribution in [0.4, 0.5) is 4.39 Å². The molecule has 8 nitrogen and oxygen atoms in total. The Bertz CT molecular complexity index is 1180. The molecule has 1 aromatic heterocycles. The number of amides is 2. The number of nitriles is 1. The van der Waals surface area contributed by atoms with E-state index in [0.29, 0.717) is 19.6 Å². The Morgan fingerprint density at radius 1 is 1.27 bits per heavy atom. The molecule has 2 amide bonds. The number of nitrogens with two attached hydrogens (primary N) is 1. The second-order valence-electron chi connectivity index (χ2n) is 9.15. The van der Waals surface area contributed by atoms with Crippen LogP contribution in [0.2, 0.25) is 0 Å². The lowest BCUT2D eigenvalue weighted by Gasteiger charge is -2.57. The molecule has 2 saturated carbocycles. The molecule has 170 valence electrons. The van der Waals surface area contributed by atoms with Crippen molar-refractivity contribution in [3.05, 3.63) is 58.0 Å². The molecule has 1 aromatic carbocycles. The highest BCUT2D eigenvalue weighted by Crippen LogP contribution is 2.56. The van der Waals surface area contributed by atoms with Gasteiger partial charge in [0.25, 0.3) is 11.8 Å². The van der Waals surface area contributed by atoms with Gasteiger partial charge >= 0.3 is 0 Å². The number of nitrogens with zero attached hydrogens (tertiary/aromatic N) is 2. The normalized spacial score (nSPS) is 25.2. The maximum Gasteiger partial charge on any atom is 0.254 e. The topological polar surface area (TPSA) is 127 Å². The fourth-order valence-electron chi connectivity index (χ4n) is 5.12. The van der Waals surface area contributed by atoms with Crippen LogP contribution in [-0.2, 0) is 17.8 Å². The van der Waals surface area contributed by atoms with Crippen LogP contribution in [0.25, 0.3) is 0 Å². The molecule has 0 unspecified atom stereocenters. The van der Waals surface area contributed by atoms with E-state index >= 15 is 0 Å². The Morgan fingerprint density at radius 3 is 2.79 bits per heavy atom. The zero-order valence-electron chi connectivity index (χ0n) is 17.9. The molecule has 0 atom stereocenters. The standard InChI is InChI=1S/C24H23FN4O4/c25-19-2-1-13(5-14(19)11-26)22(31)28-16-7-24(8-16)9-17(10-24)33-23-18(21(27)30)6-15-12-32-4-3-20(15)29-23/h1-2,5-6,16-17H,3-4,7-10,12H2,(H2,27,30)(H,28,31)/t16-,17-,24?. The minimum absolute atomic E-state index is 0.0251. The van der Waals surface area contributed by atoms with E-state index in [4.69, 9.17) is 20.5 Å². The summed E-state index contributed by atoms with van der Waals surface area (Å²) in [7, 11) is 0. The molecule has 2 fully saturated rings. The third-order valence-electron chi connectivity index (χ3n) is 6.81. The van der Waals surface area contributed by atoms with Gasteiger partial charge in [-0.2, -0.15) is 5.26 Å². The van der Waals surface area contributed by atoms with Gasteiger partial charge in [0.05, 0.1) is 24.5 Å². The third kappa shape index (κ3) is 4.02. The summed E-state index contributed by atoms with van der Waals surface area (Å²) in [5.74, 6) is -1.24. The van der Waals surface area contributed by atoms with E-state index < -0.39 is 11.7 Å². The number of hydrogen-bond acceptors (Lipinski definition) is 6. The predicted molar refractivity (Wildman–Crippen MR) is 114 cm³/mol. The summed E-state index contributed by atoms with van der Waals surface area (Å²) in [5, 5.41) is 11.9. The molecule has 0 radical (unpaired) electrons. The van der Waals surface area contributed by atoms with Crippen molar-refractivity contribution in [3.8, 4) is 11.9 Å². The molecule has 0 saturated heterocycles. The Hall–Kier alpha value is -3.51. The quantitative estimate of drug-likeness (QED) is 0.720. The molecule has 3 N–H and O–H groups in total. The molecule has 9 heteroatoms. The first-order valence-electron chi connectivity index (χ1n) is 10.9. The predicted octanol–water partition coefficient (Wildman–Crippen LogP) is 2.38. The number of carbonyl (C=O) groups is 2. The van der Waals surface area contributed by atoms with Crippen molar-refractivity contribution in [1.29, 1.82) is 5.26 Å². The monoisotopic (exact) mass is 450 g/mol. The Kier molecular flexibility index (Phi) is 5.25. The van der Waals surface area contributed by atoms with Gasteiger partial charge in [0.2, 0.25) is 5.88 Å². The highest BCUT2D eigenvalue weighted by molar-refractivity contribution is 5.95. The molecule has 0 bridgehead atoms. The Morgan fingerprint density at radius 2 is 2.06 bits per heavy atom. The second-order valence-corrected chi connectivity index (χ2v) is 9.15. The number of pyridine rings is 1. The number of halogens is 1. The highest BCUT2D eigenvalue weighted by atomic mass is 19.1. The van der Waals surface area contributed by atoms with Gasteiger partial charge in [-0.25, -0.2) is 9.37 Å². The van der Waals surface area contributed by atoms with Crippen LogP contribution >= 0.6 is 0 Å². The SMILES string of the molecule is N#Cc1cc(C(=O)N[C@H]2CC3(C2)C[C@H](Oc2nc4c(cc2C(N)=O)COCC4)C3)ccc1F. The summed E-state index contributed by atoms with van der Waals surface area (Å²) >= 11 is 0. The summed E-state index contributed by atoms with van der Waals surface area (Å²) in [6.07, 6.45) is 3.89. The van der Waals surface area contributed by atoms with E-state index in [1.54, 1.807) is 12.1 Å². The van der Waals surface area contributed by atoms with Crippen molar-refractivity contribution in [3.63, 3.8) is 0 Å². The molecule has 2 aliphatic carbocycles. The zero-order chi connectivity index (χ0) is 23.2. The van der Waals surface area contributed by atoms with E-state index in [0.717, 1.165) is 43.0 Å². The van der Waals surface area contributed by atoms with Crippen molar-refractivity contribution in [2.24, 2.45) is 11.1 Å². The van der Waals surface area contributed by atoms with Crippen LogP contribution in [-0.4, -0.2) is 35.6 Å². The van der Waals surface area contributed by atoms with Crippen LogP contribution < -0.4 is 15.8 Å². The van der Waals surface area contributed by atoms with Gasteiger partial charge in [-0.05, 0) is 55.4 Å². The number of primary amides is 1. The van der Waals surface area contributed by atoms with Crippen LogP contribution in [0.15, 0.2) is 24.3 Å². The van der Waals surface area contributed by atoms with Gasteiger partial charge < -0.3 is 20.5 Å². The van der Waals surface area contributed by atoms with Gasteiger partial charge in [-0.3, -0.25) is 9.59 Å². The molecule has 5 rings (SSSR count). The number of benzene rings is 1. The van der Waals surface area contributed by atoms with Gasteiger partial charge in [0.15, 0.2) is 0 Å². The molecule has 1 aliphatic heterocycles. The first-order valence-corrected chi connectivity index (χ1v) is 10.9. The first kappa shape index (κ1) is 21.3. The fourth-order valence-corrected chi connectivity index (χ4v) is 5.12. The van der Waals surface area contributed by atoms with Gasteiger partial charge in [0, 0.05) is 23.6 Å². The second kappa shape index (κ2) is 8.12. The molecule has 2 heterocycles. The number of nitrogens with one attached hydrogen (secondary N) is 1. The minimum Gasteiger partial charge on any atom is -0.474 e. The fraction of sp³-hybridized carbons (Fsp3) is 0.417. The van der Waals surface area contributed by atoms with E-state index in [-0.39, 0.29) is 46.0 Å². The lowest BCUT2D eigenvalue weighted by molar-refractivity contribution is -0.0849. The van der Waals surface area contributed by atoms with Crippen molar-refractivity contribution in [2.75, 3.05) is 6.61 Å². The number of hydrogen-bond donors (Lipinski definition) is 2. The smallest absolute Gasteiger partial charge is 0.254 e. The third-order valence-corrected chi connectivity index (χ3v) is 6.81. The van der Waals surface area contributed by atoms with Crippen LogP contribution in [0.3, 0.4) is 0 Å². The Balaban J connectivity index is 1.16. The average Bonchev–Trinajstić information content (AvgIpc) is 2.75. The van der Waals surface area contributed by atoms with Gasteiger partial charge in [0.1, 0.15) is 23.6 Å². The molecule has 2 aromatic rings. The number of ether oxygens (including phenoxy) is 2. The zero-order valence-corrected chi connectivity index (χ0v) is 17.9. The summed E-state index contributed by atoms with van der Waals surface area (Å²) in [5.41, 5.74) is 7.78. The van der Waals surface area contributed by atoms with E-state index in [9.17, 15) is 14.0 Å². The van der Waals surface area contributed by atoms with Crippen LogP contribution in [0, 0.1) is 22.6 Å². The molecular weight excluding hydrogens is 427 g/mol. The van der Waals surface area contributed by atoms with Crippen LogP contribution in [0.5, 0.6) is 5.88 Å². The first-order chi connectivity index (χ1) is 15.9. The van der Waals surface area contributed by atoms with E-state index in [2.05, 4.69) is 10.3 Å². The molecule has 3 aliphatic rings. The van der Waals surface area contributed by atoms with Gasteiger partial charge in [-0.1, -0.05) is 0 Å². The minimum atomic E-state index is -0.640. The lowest BCUT2D eigenvalue weighted by Crippen LogP contribution is -2.58. The van der Waals surface area contributed by atoms with Gasteiger partial charge in [-0.15, -0.1) is 0 Å². The van der Waals surface area contributed by atoms with Crippen molar-refractivity contribution < 1.29 is 23.5 Å². The maximum atomic E-state index is 13.5. The Labute approximate surface area is 189 Å². The number of rotatable bonds is 5. The van der Waals surface area contributed by atoms with Crippen molar-refractivity contribution in [1.82, 2.24) is 10.3 Å². The molecule has 1 spiro atoms. The maximum absolute atomic E-state index is 13.5. The summed E-state index contributed by atoms with van der Waals surface area (Å²) in [4.78, 5) is 28.9. The van der Waals surface area contributed by atoms with Crippen LogP contribution in [0.1, 0.15) is 63.2 Å². The summed E-state index contributed by atoms with van der Waals surface area (Å²) < 4.78 is 25.0. The molecular formula is C24H23FN4O4.